The zero-order chi connectivity index (χ0) is 22.3. The Hall–Kier alpha value is -3.17. The summed E-state index contributed by atoms with van der Waals surface area (Å²) in [5, 5.41) is 5.32. The molecule has 32 heavy (non-hydrogen) atoms. The molecule has 0 radical (unpaired) electrons. The van der Waals surface area contributed by atoms with Gasteiger partial charge in [0.05, 0.1) is 16.9 Å². The van der Waals surface area contributed by atoms with Crippen molar-refractivity contribution in [2.75, 3.05) is 5.32 Å². The Morgan fingerprint density at radius 3 is 2.47 bits per heavy atom. The van der Waals surface area contributed by atoms with Gasteiger partial charge in [-0.2, -0.15) is 13.2 Å². The average molecular weight is 472 g/mol. The number of hydrogen-bond acceptors (Lipinski definition) is 4. The molecule has 1 aliphatic heterocycles. The lowest BCUT2D eigenvalue weighted by molar-refractivity contribution is -0.137. The Labute approximate surface area is 188 Å². The van der Waals surface area contributed by atoms with Crippen molar-refractivity contribution in [3.8, 4) is 11.3 Å². The fraction of sp³-hybridized carbons (Fsp3) is 0.0435. The number of nitrogens with zero attached hydrogens (tertiary/aromatic N) is 2. The van der Waals surface area contributed by atoms with Crippen LogP contribution in [-0.2, 0) is 6.18 Å². The summed E-state index contributed by atoms with van der Waals surface area (Å²) in [6, 6.07) is 17.1. The minimum atomic E-state index is -4.45. The van der Waals surface area contributed by atoms with Gasteiger partial charge in [-0.05, 0) is 48.5 Å². The molecule has 0 bridgehead atoms. The zero-order valence-electron chi connectivity index (χ0n) is 16.2. The number of aromatic nitrogens is 1. The van der Waals surface area contributed by atoms with E-state index in [9.17, 15) is 17.6 Å². The highest BCUT2D eigenvalue weighted by Crippen LogP contribution is 2.42. The monoisotopic (exact) mass is 471 g/mol. The van der Waals surface area contributed by atoms with Crippen LogP contribution < -0.4 is 5.32 Å². The van der Waals surface area contributed by atoms with E-state index in [1.165, 1.54) is 41.3 Å². The zero-order valence-corrected chi connectivity index (χ0v) is 17.8. The topological polar surface area (TPSA) is 37.3 Å². The van der Waals surface area contributed by atoms with Crippen molar-refractivity contribution in [2.24, 2.45) is 4.99 Å². The molecule has 0 saturated heterocycles. The highest BCUT2D eigenvalue weighted by atomic mass is 32.2. The second kappa shape index (κ2) is 8.07. The number of anilines is 1. The van der Waals surface area contributed by atoms with E-state index >= 15 is 0 Å². The van der Waals surface area contributed by atoms with Crippen LogP contribution in [0.2, 0.25) is 0 Å². The third kappa shape index (κ3) is 4.13. The number of fused-ring (bicyclic) bond motifs is 2. The van der Waals surface area contributed by atoms with Gasteiger partial charge in [-0.3, -0.25) is 0 Å². The van der Waals surface area contributed by atoms with Crippen molar-refractivity contribution in [2.45, 2.75) is 16.0 Å². The van der Waals surface area contributed by atoms with Gasteiger partial charge in [0.25, 0.3) is 0 Å². The molecule has 0 unspecified atom stereocenters. The third-order valence-corrected chi connectivity index (χ3v) is 6.65. The minimum Gasteiger partial charge on any atom is -0.339 e. The van der Waals surface area contributed by atoms with Crippen LogP contribution in [0.25, 0.3) is 11.3 Å². The summed E-state index contributed by atoms with van der Waals surface area (Å²) < 4.78 is 53.0. The van der Waals surface area contributed by atoms with Gasteiger partial charge in [-0.1, -0.05) is 30.0 Å². The standard InChI is InChI=1S/C23H13F4N3S2/c24-15-8-5-13(6-9-15)18-12-31-22(29-18)30-21-16-3-1-2-4-19(16)32-20-10-7-14(23(25,26)27)11-17(20)28-21/h1-12H,(H,28,29,30). The Kier molecular flexibility index (Phi) is 5.22. The predicted molar refractivity (Wildman–Crippen MR) is 119 cm³/mol. The van der Waals surface area contributed by atoms with Crippen LogP contribution in [0.1, 0.15) is 11.1 Å². The minimum absolute atomic E-state index is 0.329. The van der Waals surface area contributed by atoms with Gasteiger partial charge < -0.3 is 5.32 Å². The maximum atomic E-state index is 13.3. The molecule has 3 aromatic carbocycles. The molecule has 0 spiro atoms. The van der Waals surface area contributed by atoms with Crippen molar-refractivity contribution in [1.29, 1.82) is 0 Å². The van der Waals surface area contributed by atoms with E-state index in [2.05, 4.69) is 15.3 Å². The maximum Gasteiger partial charge on any atom is 0.416 e. The molecular weight excluding hydrogens is 458 g/mol. The molecule has 0 fully saturated rings. The molecule has 3 nitrogen and oxygen atoms in total. The van der Waals surface area contributed by atoms with Gasteiger partial charge in [0.1, 0.15) is 11.7 Å². The highest BCUT2D eigenvalue weighted by molar-refractivity contribution is 7.99. The van der Waals surface area contributed by atoms with E-state index in [0.717, 1.165) is 28.2 Å². The van der Waals surface area contributed by atoms with Crippen molar-refractivity contribution in [1.82, 2.24) is 4.98 Å². The first kappa shape index (κ1) is 20.7. The molecule has 1 N–H and O–H groups in total. The van der Waals surface area contributed by atoms with Crippen molar-refractivity contribution >= 4 is 39.8 Å². The van der Waals surface area contributed by atoms with E-state index in [1.807, 2.05) is 24.3 Å². The molecule has 0 amide bonds. The van der Waals surface area contributed by atoms with E-state index in [1.54, 1.807) is 17.5 Å². The number of hydrogen-bond donors (Lipinski definition) is 1. The molecule has 0 aliphatic carbocycles. The number of amidine groups is 1. The lowest BCUT2D eigenvalue weighted by Crippen LogP contribution is -2.14. The van der Waals surface area contributed by atoms with Crippen LogP contribution >= 0.6 is 23.1 Å². The molecule has 1 aromatic heterocycles. The van der Waals surface area contributed by atoms with Crippen LogP contribution in [0.5, 0.6) is 0 Å². The molecule has 0 saturated carbocycles. The summed E-state index contributed by atoms with van der Waals surface area (Å²) in [6.07, 6.45) is -4.45. The van der Waals surface area contributed by atoms with Gasteiger partial charge >= 0.3 is 6.18 Å². The number of thiazole rings is 1. The van der Waals surface area contributed by atoms with Gasteiger partial charge in [-0.25, -0.2) is 14.4 Å². The normalized spacial score (nSPS) is 14.4. The predicted octanol–water partition coefficient (Wildman–Crippen LogP) is 7.62. The van der Waals surface area contributed by atoms with Crippen molar-refractivity contribution in [3.05, 3.63) is 89.1 Å². The number of rotatable bonds is 2. The summed E-state index contributed by atoms with van der Waals surface area (Å²) >= 11 is 2.67. The lowest BCUT2D eigenvalue weighted by Gasteiger charge is -2.12. The first-order valence-electron chi connectivity index (χ1n) is 9.42. The lowest BCUT2D eigenvalue weighted by atomic mass is 10.1. The van der Waals surface area contributed by atoms with Crippen molar-refractivity contribution in [3.63, 3.8) is 0 Å². The van der Waals surface area contributed by atoms with Gasteiger partial charge in [0, 0.05) is 26.3 Å². The Bertz CT molecular complexity index is 1330. The molecule has 0 atom stereocenters. The molecule has 160 valence electrons. The second-order valence-corrected chi connectivity index (χ2v) is 8.83. The van der Waals surface area contributed by atoms with Gasteiger partial charge in [-0.15, -0.1) is 11.3 Å². The fourth-order valence-electron chi connectivity index (χ4n) is 3.21. The number of halogens is 4. The van der Waals surface area contributed by atoms with Crippen LogP contribution in [0.15, 0.2) is 86.9 Å². The molecular formula is C23H13F4N3S2. The smallest absolute Gasteiger partial charge is 0.339 e. The number of alkyl halides is 3. The van der Waals surface area contributed by atoms with Gasteiger partial charge in [0.2, 0.25) is 5.13 Å². The van der Waals surface area contributed by atoms with Crippen LogP contribution in [0, 0.1) is 5.82 Å². The van der Waals surface area contributed by atoms with Crippen LogP contribution in [0.4, 0.5) is 28.4 Å². The molecule has 2 heterocycles. The molecule has 4 aromatic rings. The third-order valence-electron chi connectivity index (χ3n) is 4.76. The SMILES string of the molecule is Fc1ccc(-c2csc(/N=C3\Nc4cc(C(F)(F)F)ccc4Sc4ccccc43)n2)cc1. The summed E-state index contributed by atoms with van der Waals surface area (Å²) in [6.45, 7) is 0. The first-order chi connectivity index (χ1) is 15.4. The average Bonchev–Trinajstić information content (AvgIpc) is 3.16. The molecule has 1 aliphatic rings. The second-order valence-electron chi connectivity index (χ2n) is 6.91. The Balaban J connectivity index is 1.57. The Morgan fingerprint density at radius 2 is 1.69 bits per heavy atom. The van der Waals surface area contributed by atoms with E-state index in [-0.39, 0.29) is 5.82 Å². The number of nitrogens with one attached hydrogen (secondary N) is 1. The fourth-order valence-corrected chi connectivity index (χ4v) is 4.93. The van der Waals surface area contributed by atoms with Crippen LogP contribution in [-0.4, -0.2) is 10.8 Å². The number of benzene rings is 3. The Morgan fingerprint density at radius 1 is 0.906 bits per heavy atom. The van der Waals surface area contributed by atoms with Crippen LogP contribution in [0.3, 0.4) is 0 Å². The number of aliphatic imine (C=N–C) groups is 1. The summed E-state index contributed by atoms with van der Waals surface area (Å²) in [4.78, 5) is 10.7. The van der Waals surface area contributed by atoms with Gasteiger partial charge in [0.15, 0.2) is 0 Å². The molecule has 9 heteroatoms. The van der Waals surface area contributed by atoms with E-state index in [0.29, 0.717) is 27.2 Å². The highest BCUT2D eigenvalue weighted by Gasteiger charge is 2.32. The maximum absolute atomic E-state index is 13.3. The summed E-state index contributed by atoms with van der Waals surface area (Å²) in [5.74, 6) is 0.0734. The molecule has 5 rings (SSSR count). The van der Waals surface area contributed by atoms with Crippen molar-refractivity contribution < 1.29 is 17.6 Å². The summed E-state index contributed by atoms with van der Waals surface area (Å²) in [7, 11) is 0. The first-order valence-corrected chi connectivity index (χ1v) is 11.1. The quantitative estimate of drug-likeness (QED) is 0.306. The van der Waals surface area contributed by atoms with E-state index < -0.39 is 11.7 Å². The van der Waals surface area contributed by atoms with E-state index in [4.69, 9.17) is 0 Å². The largest absolute Gasteiger partial charge is 0.416 e. The summed E-state index contributed by atoms with van der Waals surface area (Å²) in [5.41, 5.74) is 1.75.